The van der Waals surface area contributed by atoms with Crippen molar-refractivity contribution in [2.75, 3.05) is 23.8 Å². The van der Waals surface area contributed by atoms with E-state index in [1.165, 1.54) is 6.20 Å². The first-order valence-corrected chi connectivity index (χ1v) is 17.4. The van der Waals surface area contributed by atoms with Crippen LogP contribution in [0.2, 0.25) is 5.02 Å². The number of halogens is 1. The maximum atomic E-state index is 12.9. The first-order chi connectivity index (χ1) is 21.0. The summed E-state index contributed by atoms with van der Waals surface area (Å²) >= 11 is 8.00. The lowest BCUT2D eigenvalue weighted by Gasteiger charge is -2.21. The van der Waals surface area contributed by atoms with Crippen LogP contribution in [-0.4, -0.2) is 63.9 Å². The molecule has 1 fully saturated rings. The van der Waals surface area contributed by atoms with Gasteiger partial charge in [0.2, 0.25) is 5.95 Å². The van der Waals surface area contributed by atoms with Gasteiger partial charge in [0, 0.05) is 23.5 Å². The standard InChI is InChI=1S/C31H37ClN6O4S2/c1-19(2)42-27-14-21(30-34-22(18-43-30)16-38-13-7-8-23(38)17-39)11-12-25(27)36-31-33-15-24(32)29(37-31)35-26-9-5-6-10-28(26)44(40,41)20(3)4/h5-6,9-12,14-15,18-20,23,39H,7-8,13,16-17H2,1-4H3,(H2,33,35,36,37)/t23-/m0/s1. The van der Waals surface area contributed by atoms with E-state index >= 15 is 0 Å². The number of rotatable bonds is 12. The number of para-hydroxylation sites is 1. The van der Waals surface area contributed by atoms with E-state index in [-0.39, 0.29) is 40.4 Å². The van der Waals surface area contributed by atoms with Gasteiger partial charge in [-0.3, -0.25) is 4.90 Å². The predicted octanol–water partition coefficient (Wildman–Crippen LogP) is 6.67. The molecule has 1 saturated heterocycles. The molecule has 234 valence electrons. The van der Waals surface area contributed by atoms with Crippen LogP contribution in [0.5, 0.6) is 5.75 Å². The first kappa shape index (κ1) is 32.1. The second kappa shape index (κ2) is 13.8. The van der Waals surface area contributed by atoms with Crippen molar-refractivity contribution in [1.29, 1.82) is 0 Å². The molecule has 1 atom stereocenters. The summed E-state index contributed by atoms with van der Waals surface area (Å²) in [6.45, 7) is 9.05. The zero-order valence-corrected chi connectivity index (χ0v) is 27.5. The Balaban J connectivity index is 1.38. The minimum absolute atomic E-state index is 0.0917. The van der Waals surface area contributed by atoms with Crippen LogP contribution in [0.25, 0.3) is 10.6 Å². The maximum Gasteiger partial charge on any atom is 0.229 e. The maximum absolute atomic E-state index is 12.9. The van der Waals surface area contributed by atoms with Crippen LogP contribution in [-0.2, 0) is 16.4 Å². The molecule has 44 heavy (non-hydrogen) atoms. The number of benzene rings is 2. The van der Waals surface area contributed by atoms with Gasteiger partial charge in [-0.05, 0) is 77.4 Å². The van der Waals surface area contributed by atoms with Crippen LogP contribution < -0.4 is 15.4 Å². The summed E-state index contributed by atoms with van der Waals surface area (Å²) in [4.78, 5) is 16.2. The topological polar surface area (TPSA) is 130 Å². The molecule has 0 radical (unpaired) electrons. The number of likely N-dealkylation sites (tertiary alicyclic amines) is 1. The molecule has 13 heteroatoms. The molecule has 0 bridgehead atoms. The fraction of sp³-hybridized carbons (Fsp3) is 0.387. The lowest BCUT2D eigenvalue weighted by atomic mass is 10.2. The third-order valence-electron chi connectivity index (χ3n) is 7.28. The molecule has 3 N–H and O–H groups in total. The van der Waals surface area contributed by atoms with E-state index < -0.39 is 15.1 Å². The van der Waals surface area contributed by atoms with Crippen molar-refractivity contribution in [1.82, 2.24) is 19.9 Å². The van der Waals surface area contributed by atoms with E-state index in [4.69, 9.17) is 21.3 Å². The van der Waals surface area contributed by atoms with Gasteiger partial charge in [-0.25, -0.2) is 18.4 Å². The van der Waals surface area contributed by atoms with E-state index in [2.05, 4.69) is 30.9 Å². The molecule has 5 rings (SSSR count). The Morgan fingerprint density at radius 1 is 1.11 bits per heavy atom. The van der Waals surface area contributed by atoms with Crippen molar-refractivity contribution in [3.05, 3.63) is 64.8 Å². The number of aliphatic hydroxyl groups is 1. The lowest BCUT2D eigenvalue weighted by molar-refractivity contribution is 0.152. The highest BCUT2D eigenvalue weighted by molar-refractivity contribution is 7.92. The monoisotopic (exact) mass is 656 g/mol. The van der Waals surface area contributed by atoms with Crippen LogP contribution in [0.3, 0.4) is 0 Å². The average molecular weight is 657 g/mol. The molecule has 0 unspecified atom stereocenters. The van der Waals surface area contributed by atoms with Gasteiger partial charge in [-0.1, -0.05) is 23.7 Å². The molecule has 2 aromatic carbocycles. The number of ether oxygens (including phenoxy) is 1. The molecule has 0 amide bonds. The van der Waals surface area contributed by atoms with Crippen molar-refractivity contribution in [2.45, 2.75) is 69.4 Å². The Kier molecular flexibility index (Phi) is 10.1. The Hall–Kier alpha value is -3.29. The fourth-order valence-corrected chi connectivity index (χ4v) is 7.12. The molecule has 1 aliphatic heterocycles. The molecule has 0 aliphatic carbocycles. The molecule has 10 nitrogen and oxygen atoms in total. The van der Waals surface area contributed by atoms with Crippen LogP contribution in [0.15, 0.2) is 58.9 Å². The smallest absolute Gasteiger partial charge is 0.229 e. The zero-order valence-electron chi connectivity index (χ0n) is 25.1. The number of thiazole rings is 1. The highest BCUT2D eigenvalue weighted by Crippen LogP contribution is 2.36. The number of hydrogen-bond donors (Lipinski definition) is 3. The van der Waals surface area contributed by atoms with Crippen LogP contribution in [0.4, 0.5) is 23.1 Å². The van der Waals surface area contributed by atoms with Gasteiger partial charge in [0.15, 0.2) is 15.7 Å². The van der Waals surface area contributed by atoms with Gasteiger partial charge in [-0.15, -0.1) is 11.3 Å². The van der Waals surface area contributed by atoms with E-state index in [0.29, 0.717) is 17.1 Å². The normalized spacial score (nSPS) is 15.7. The number of aromatic nitrogens is 3. The Bertz CT molecular complexity index is 1710. The van der Waals surface area contributed by atoms with Crippen LogP contribution in [0, 0.1) is 0 Å². The quantitative estimate of drug-likeness (QED) is 0.152. The summed E-state index contributed by atoms with van der Waals surface area (Å²) in [5, 5.41) is 18.6. The minimum atomic E-state index is -3.55. The van der Waals surface area contributed by atoms with E-state index in [1.807, 2.05) is 32.0 Å². The number of hydrogen-bond acceptors (Lipinski definition) is 11. The molecular weight excluding hydrogens is 620 g/mol. The number of sulfone groups is 1. The molecule has 0 spiro atoms. The van der Waals surface area contributed by atoms with E-state index in [9.17, 15) is 13.5 Å². The molecule has 2 aromatic heterocycles. The largest absolute Gasteiger partial charge is 0.489 e. The Labute approximate surface area is 267 Å². The van der Waals surface area contributed by atoms with Crippen LogP contribution in [0.1, 0.15) is 46.2 Å². The first-order valence-electron chi connectivity index (χ1n) is 14.5. The Morgan fingerprint density at radius 3 is 2.66 bits per heavy atom. The van der Waals surface area contributed by atoms with Crippen molar-refractivity contribution in [3.63, 3.8) is 0 Å². The average Bonchev–Trinajstić information content (AvgIpc) is 3.65. The number of anilines is 4. The summed E-state index contributed by atoms with van der Waals surface area (Å²) < 4.78 is 32.1. The molecule has 1 aliphatic rings. The molecule has 3 heterocycles. The Morgan fingerprint density at radius 2 is 1.91 bits per heavy atom. The number of nitrogens with one attached hydrogen (secondary N) is 2. The summed E-state index contributed by atoms with van der Waals surface area (Å²) in [6.07, 6.45) is 3.47. The van der Waals surface area contributed by atoms with Gasteiger partial charge >= 0.3 is 0 Å². The van der Waals surface area contributed by atoms with Gasteiger partial charge in [0.1, 0.15) is 15.8 Å². The summed E-state index contributed by atoms with van der Waals surface area (Å²) in [5.41, 5.74) is 2.93. The van der Waals surface area contributed by atoms with Crippen molar-refractivity contribution in [3.8, 4) is 16.3 Å². The van der Waals surface area contributed by atoms with E-state index in [0.717, 1.165) is 42.2 Å². The zero-order chi connectivity index (χ0) is 31.4. The SMILES string of the molecule is CC(C)Oc1cc(-c2nc(CN3CCC[C@H]3CO)cs2)ccc1Nc1ncc(Cl)c(Nc2ccccc2S(=O)(=O)C(C)C)n1. The van der Waals surface area contributed by atoms with Crippen molar-refractivity contribution < 1.29 is 18.3 Å². The van der Waals surface area contributed by atoms with Crippen LogP contribution >= 0.6 is 22.9 Å². The van der Waals surface area contributed by atoms with Gasteiger partial charge < -0.3 is 20.5 Å². The van der Waals surface area contributed by atoms with E-state index in [1.54, 1.807) is 49.4 Å². The summed E-state index contributed by atoms with van der Waals surface area (Å²) in [7, 11) is -3.55. The third-order valence-corrected chi connectivity index (χ3v) is 10.7. The third kappa shape index (κ3) is 7.32. The highest BCUT2D eigenvalue weighted by Gasteiger charge is 2.25. The molecule has 4 aromatic rings. The number of aliphatic hydroxyl groups excluding tert-OH is 1. The number of nitrogens with zero attached hydrogens (tertiary/aromatic N) is 4. The second-order valence-electron chi connectivity index (χ2n) is 11.2. The van der Waals surface area contributed by atoms with Crippen molar-refractivity contribution in [2.24, 2.45) is 0 Å². The molecule has 0 saturated carbocycles. The van der Waals surface area contributed by atoms with Gasteiger partial charge in [0.25, 0.3) is 0 Å². The van der Waals surface area contributed by atoms with Crippen molar-refractivity contribution >= 4 is 55.9 Å². The summed E-state index contributed by atoms with van der Waals surface area (Å²) in [5.74, 6) is 1.12. The fourth-order valence-electron chi connectivity index (χ4n) is 4.98. The summed E-state index contributed by atoms with van der Waals surface area (Å²) in [6, 6.07) is 12.7. The van der Waals surface area contributed by atoms with Gasteiger partial charge in [-0.2, -0.15) is 4.98 Å². The lowest BCUT2D eigenvalue weighted by Crippen LogP contribution is -2.31. The second-order valence-corrected chi connectivity index (χ2v) is 14.9. The minimum Gasteiger partial charge on any atom is -0.489 e. The molecular formula is C31H37ClN6O4S2. The predicted molar refractivity (Wildman–Crippen MR) is 176 cm³/mol. The highest BCUT2D eigenvalue weighted by atomic mass is 35.5. The van der Waals surface area contributed by atoms with Gasteiger partial charge in [0.05, 0.1) is 46.1 Å².